The Labute approximate surface area is 135 Å². The monoisotopic (exact) mass is 352 g/mol. The van der Waals surface area contributed by atoms with Gasteiger partial charge in [0.15, 0.2) is 0 Å². The van der Waals surface area contributed by atoms with Crippen LogP contribution in [-0.2, 0) is 16.6 Å². The first-order valence-corrected chi connectivity index (χ1v) is 8.76. The molecule has 118 valence electrons. The van der Waals surface area contributed by atoms with Crippen molar-refractivity contribution >= 4 is 33.2 Å². The van der Waals surface area contributed by atoms with Crippen molar-refractivity contribution in [1.82, 2.24) is 9.21 Å². The molecule has 0 aliphatic carbocycles. The molecular weight excluding hydrogens is 335 g/mol. The van der Waals surface area contributed by atoms with Crippen LogP contribution < -0.4 is 0 Å². The highest BCUT2D eigenvalue weighted by atomic mass is 35.5. The third-order valence-electron chi connectivity index (χ3n) is 3.61. The molecule has 1 unspecified atom stereocenters. The third kappa shape index (κ3) is 3.36. The molecule has 21 heavy (non-hydrogen) atoms. The number of benzene rings is 1. The molecule has 2 rings (SSSR count). The number of sulfonamides is 1. The summed E-state index contributed by atoms with van der Waals surface area (Å²) in [7, 11) is -1.79. The molecule has 1 saturated heterocycles. The van der Waals surface area contributed by atoms with Crippen LogP contribution in [0, 0.1) is 0 Å². The van der Waals surface area contributed by atoms with Gasteiger partial charge in [0.05, 0.1) is 11.6 Å². The Morgan fingerprint density at radius 3 is 2.57 bits per heavy atom. The highest BCUT2D eigenvalue weighted by Crippen LogP contribution is 2.32. The summed E-state index contributed by atoms with van der Waals surface area (Å²) in [6.45, 7) is 3.22. The van der Waals surface area contributed by atoms with Gasteiger partial charge in [-0.05, 0) is 31.7 Å². The van der Waals surface area contributed by atoms with Gasteiger partial charge in [0.1, 0.15) is 4.90 Å². The first-order valence-electron chi connectivity index (χ1n) is 6.56. The normalized spacial score (nSPS) is 21.7. The van der Waals surface area contributed by atoms with Gasteiger partial charge in [-0.25, -0.2) is 8.42 Å². The maximum atomic E-state index is 12.8. The molecule has 0 radical (unpaired) electrons. The summed E-state index contributed by atoms with van der Waals surface area (Å²) >= 11 is 12.1. The van der Waals surface area contributed by atoms with E-state index in [0.717, 1.165) is 0 Å². The van der Waals surface area contributed by atoms with Gasteiger partial charge in [0.25, 0.3) is 0 Å². The minimum Gasteiger partial charge on any atom is -0.392 e. The molecule has 0 amide bonds. The van der Waals surface area contributed by atoms with Crippen LogP contribution in [0.5, 0.6) is 0 Å². The van der Waals surface area contributed by atoms with Crippen LogP contribution in [0.3, 0.4) is 0 Å². The summed E-state index contributed by atoms with van der Waals surface area (Å²) in [5.41, 5.74) is 0.310. The molecule has 1 heterocycles. The Balaban J connectivity index is 2.47. The Kier molecular flexibility index (Phi) is 5.18. The molecule has 1 aromatic rings. The van der Waals surface area contributed by atoms with Crippen molar-refractivity contribution in [2.75, 3.05) is 26.7 Å². The van der Waals surface area contributed by atoms with Crippen LogP contribution in [0.1, 0.15) is 12.5 Å². The molecule has 0 saturated carbocycles. The fraction of sp³-hybridized carbons (Fsp3) is 0.538. The van der Waals surface area contributed by atoms with Gasteiger partial charge in [0, 0.05) is 30.7 Å². The van der Waals surface area contributed by atoms with E-state index in [-0.39, 0.29) is 27.6 Å². The fourth-order valence-electron chi connectivity index (χ4n) is 2.53. The predicted octanol–water partition coefficient (Wildman–Crippen LogP) is 1.81. The van der Waals surface area contributed by atoms with E-state index in [9.17, 15) is 13.5 Å². The smallest absolute Gasteiger partial charge is 0.244 e. The average molecular weight is 353 g/mol. The lowest BCUT2D eigenvalue weighted by Crippen LogP contribution is -2.52. The van der Waals surface area contributed by atoms with E-state index in [2.05, 4.69) is 4.90 Å². The maximum absolute atomic E-state index is 12.8. The molecule has 0 spiro atoms. The van der Waals surface area contributed by atoms with Crippen LogP contribution in [0.2, 0.25) is 10.0 Å². The molecule has 1 aliphatic rings. The molecule has 0 aromatic heterocycles. The number of halogens is 2. The van der Waals surface area contributed by atoms with Gasteiger partial charge in [-0.1, -0.05) is 23.2 Å². The Morgan fingerprint density at radius 2 is 2.00 bits per heavy atom. The minimum atomic E-state index is -3.74. The number of aliphatic hydroxyl groups is 1. The lowest BCUT2D eigenvalue weighted by atomic mass is 10.2. The van der Waals surface area contributed by atoms with E-state index in [4.69, 9.17) is 23.2 Å². The number of hydrogen-bond acceptors (Lipinski definition) is 4. The third-order valence-corrected chi connectivity index (χ3v) is 6.42. The number of aliphatic hydroxyl groups excluding tert-OH is 1. The number of hydrogen-bond donors (Lipinski definition) is 1. The van der Waals surface area contributed by atoms with E-state index in [1.54, 1.807) is 0 Å². The van der Waals surface area contributed by atoms with Crippen molar-refractivity contribution in [1.29, 1.82) is 0 Å². The van der Waals surface area contributed by atoms with E-state index < -0.39 is 10.0 Å². The van der Waals surface area contributed by atoms with Crippen molar-refractivity contribution < 1.29 is 13.5 Å². The van der Waals surface area contributed by atoms with E-state index in [1.807, 2.05) is 14.0 Å². The van der Waals surface area contributed by atoms with E-state index in [1.165, 1.54) is 16.4 Å². The molecule has 1 N–H and O–H groups in total. The standard InChI is InChI=1S/C13H18Cl2N2O3S/c1-9-7-16(2)3-4-17(9)21(19,20)12-6-11(14)5-10(8-18)13(12)15/h5-6,9,18H,3-4,7-8H2,1-2H3. The molecule has 5 nitrogen and oxygen atoms in total. The van der Waals surface area contributed by atoms with Crippen molar-refractivity contribution in [2.45, 2.75) is 24.5 Å². The predicted molar refractivity (Wildman–Crippen MR) is 83.2 cm³/mol. The quantitative estimate of drug-likeness (QED) is 0.901. The summed E-state index contributed by atoms with van der Waals surface area (Å²) in [4.78, 5) is 2.03. The highest BCUT2D eigenvalue weighted by molar-refractivity contribution is 7.89. The average Bonchev–Trinajstić information content (AvgIpc) is 2.40. The SMILES string of the molecule is CC1CN(C)CCN1S(=O)(=O)c1cc(Cl)cc(CO)c1Cl. The van der Waals surface area contributed by atoms with Gasteiger partial charge in [-0.3, -0.25) is 0 Å². The van der Waals surface area contributed by atoms with Crippen LogP contribution in [0.15, 0.2) is 17.0 Å². The zero-order valence-corrected chi connectivity index (χ0v) is 14.2. The van der Waals surface area contributed by atoms with Crippen molar-refractivity contribution in [3.63, 3.8) is 0 Å². The lowest BCUT2D eigenvalue weighted by Gasteiger charge is -2.37. The largest absolute Gasteiger partial charge is 0.392 e. The van der Waals surface area contributed by atoms with Crippen molar-refractivity contribution in [3.05, 3.63) is 27.7 Å². The molecule has 1 aliphatic heterocycles. The van der Waals surface area contributed by atoms with Crippen molar-refractivity contribution in [3.8, 4) is 0 Å². The van der Waals surface area contributed by atoms with Crippen LogP contribution in [0.4, 0.5) is 0 Å². The maximum Gasteiger partial charge on any atom is 0.244 e. The second-order valence-electron chi connectivity index (χ2n) is 5.26. The van der Waals surface area contributed by atoms with Gasteiger partial charge < -0.3 is 10.0 Å². The second kappa shape index (κ2) is 6.40. The topological polar surface area (TPSA) is 60.9 Å². The molecule has 8 heteroatoms. The Bertz CT molecular complexity index is 637. The fourth-order valence-corrected chi connectivity index (χ4v) is 5.04. The summed E-state index contributed by atoms with van der Waals surface area (Å²) in [6.07, 6.45) is 0. The van der Waals surface area contributed by atoms with E-state index in [0.29, 0.717) is 25.2 Å². The summed E-state index contributed by atoms with van der Waals surface area (Å²) < 4.78 is 27.1. The first kappa shape index (κ1) is 17.0. The lowest BCUT2D eigenvalue weighted by molar-refractivity contribution is 0.170. The number of rotatable bonds is 3. The minimum absolute atomic E-state index is 0.0352. The number of piperazine rings is 1. The first-order chi connectivity index (χ1) is 9.77. The van der Waals surface area contributed by atoms with Gasteiger partial charge in [0.2, 0.25) is 10.0 Å². The molecule has 1 fully saturated rings. The Hall–Kier alpha value is -0.370. The molecule has 1 atom stereocenters. The van der Waals surface area contributed by atoms with Crippen LogP contribution in [0.25, 0.3) is 0 Å². The van der Waals surface area contributed by atoms with Gasteiger partial charge in [-0.15, -0.1) is 0 Å². The van der Waals surface area contributed by atoms with Gasteiger partial charge in [-0.2, -0.15) is 4.31 Å². The van der Waals surface area contributed by atoms with Gasteiger partial charge >= 0.3 is 0 Å². The van der Waals surface area contributed by atoms with Crippen molar-refractivity contribution in [2.24, 2.45) is 0 Å². The molecule has 1 aromatic carbocycles. The zero-order valence-electron chi connectivity index (χ0n) is 11.9. The zero-order chi connectivity index (χ0) is 15.8. The summed E-state index contributed by atoms with van der Waals surface area (Å²) in [6, 6.07) is 2.65. The second-order valence-corrected chi connectivity index (χ2v) is 7.94. The van der Waals surface area contributed by atoms with Crippen LogP contribution in [-0.4, -0.2) is 55.5 Å². The number of nitrogens with zero attached hydrogens (tertiary/aromatic N) is 2. The molecule has 0 bridgehead atoms. The van der Waals surface area contributed by atoms with Crippen LogP contribution >= 0.6 is 23.2 Å². The number of likely N-dealkylation sites (N-methyl/N-ethyl adjacent to an activating group) is 1. The highest BCUT2D eigenvalue weighted by Gasteiger charge is 2.34. The molecular formula is C13H18Cl2N2O3S. The summed E-state index contributed by atoms with van der Waals surface area (Å²) in [5.74, 6) is 0. The van der Waals surface area contributed by atoms with E-state index >= 15 is 0 Å². The summed E-state index contributed by atoms with van der Waals surface area (Å²) in [5, 5.41) is 9.55. The Morgan fingerprint density at radius 1 is 1.33 bits per heavy atom.